The molecule has 0 spiro atoms. The van der Waals surface area contributed by atoms with E-state index in [1.807, 2.05) is 30.6 Å². The smallest absolute Gasteiger partial charge is 0.188 e. The third-order valence-electron chi connectivity index (χ3n) is 4.05. The Morgan fingerprint density at radius 2 is 2.04 bits per heavy atom. The first-order valence-corrected chi connectivity index (χ1v) is 8.68. The average Bonchev–Trinajstić information content (AvgIpc) is 3.28. The standard InChI is InChI=1S/C18H18N4S/c1-2-5-13(6-3-1)16-12-21-18(23-16)22-17-11-14(8-10-20-17)15-7-4-9-19-15/h1-3,5-6,8,10-12,15,19H,4,7,9H2,(H,20,21,22)/t15-/m1/s1. The minimum atomic E-state index is 0.453. The maximum absolute atomic E-state index is 4.47. The number of anilines is 2. The van der Waals surface area contributed by atoms with Crippen molar-refractivity contribution in [3.05, 3.63) is 60.4 Å². The number of hydrogen-bond acceptors (Lipinski definition) is 5. The highest BCUT2D eigenvalue weighted by molar-refractivity contribution is 7.18. The van der Waals surface area contributed by atoms with Crippen LogP contribution in [-0.4, -0.2) is 16.5 Å². The fourth-order valence-electron chi connectivity index (χ4n) is 2.88. The van der Waals surface area contributed by atoms with Crippen LogP contribution >= 0.6 is 11.3 Å². The van der Waals surface area contributed by atoms with E-state index >= 15 is 0 Å². The van der Waals surface area contributed by atoms with Crippen LogP contribution in [-0.2, 0) is 0 Å². The molecule has 1 aliphatic rings. The number of hydrogen-bond donors (Lipinski definition) is 2. The van der Waals surface area contributed by atoms with Gasteiger partial charge in [-0.05, 0) is 42.6 Å². The number of pyridine rings is 1. The highest BCUT2D eigenvalue weighted by Crippen LogP contribution is 2.31. The van der Waals surface area contributed by atoms with Crippen molar-refractivity contribution in [2.24, 2.45) is 0 Å². The van der Waals surface area contributed by atoms with E-state index in [9.17, 15) is 0 Å². The van der Waals surface area contributed by atoms with E-state index in [0.29, 0.717) is 6.04 Å². The van der Waals surface area contributed by atoms with Crippen LogP contribution in [0, 0.1) is 0 Å². The molecule has 116 valence electrons. The third kappa shape index (κ3) is 3.25. The molecule has 1 saturated heterocycles. The molecule has 1 aliphatic heterocycles. The summed E-state index contributed by atoms with van der Waals surface area (Å²) in [6.45, 7) is 1.10. The molecule has 5 heteroatoms. The molecule has 0 saturated carbocycles. The molecule has 2 aromatic heterocycles. The lowest BCUT2D eigenvalue weighted by Crippen LogP contribution is -2.13. The monoisotopic (exact) mass is 322 g/mol. The van der Waals surface area contributed by atoms with Gasteiger partial charge in [0.05, 0.1) is 4.88 Å². The van der Waals surface area contributed by atoms with Crippen LogP contribution in [0.15, 0.2) is 54.9 Å². The van der Waals surface area contributed by atoms with Crippen LogP contribution in [0.4, 0.5) is 10.9 Å². The quantitative estimate of drug-likeness (QED) is 0.749. The molecule has 3 aromatic rings. The molecule has 0 amide bonds. The number of nitrogens with zero attached hydrogens (tertiary/aromatic N) is 2. The van der Waals surface area contributed by atoms with Gasteiger partial charge in [0.15, 0.2) is 5.13 Å². The van der Waals surface area contributed by atoms with E-state index in [-0.39, 0.29) is 0 Å². The molecular formula is C18H18N4S. The number of nitrogens with one attached hydrogen (secondary N) is 2. The predicted molar refractivity (Wildman–Crippen MR) is 95.0 cm³/mol. The van der Waals surface area contributed by atoms with E-state index in [4.69, 9.17) is 0 Å². The van der Waals surface area contributed by atoms with E-state index < -0.39 is 0 Å². The first-order valence-electron chi connectivity index (χ1n) is 7.86. The normalized spacial score (nSPS) is 17.3. The van der Waals surface area contributed by atoms with Gasteiger partial charge in [0.25, 0.3) is 0 Å². The van der Waals surface area contributed by atoms with Crippen molar-refractivity contribution in [1.29, 1.82) is 0 Å². The highest BCUT2D eigenvalue weighted by Gasteiger charge is 2.16. The molecule has 4 nitrogen and oxygen atoms in total. The minimum absolute atomic E-state index is 0.453. The molecule has 4 rings (SSSR count). The van der Waals surface area contributed by atoms with Gasteiger partial charge in [0, 0.05) is 18.4 Å². The fourth-order valence-corrected chi connectivity index (χ4v) is 3.71. The van der Waals surface area contributed by atoms with Crippen molar-refractivity contribution >= 4 is 22.3 Å². The van der Waals surface area contributed by atoms with Crippen molar-refractivity contribution in [3.8, 4) is 10.4 Å². The van der Waals surface area contributed by atoms with Crippen molar-refractivity contribution in [2.45, 2.75) is 18.9 Å². The fraction of sp³-hybridized carbons (Fsp3) is 0.222. The maximum Gasteiger partial charge on any atom is 0.188 e. The van der Waals surface area contributed by atoms with Gasteiger partial charge in [-0.2, -0.15) is 0 Å². The highest BCUT2D eigenvalue weighted by atomic mass is 32.1. The van der Waals surface area contributed by atoms with Crippen molar-refractivity contribution in [3.63, 3.8) is 0 Å². The van der Waals surface area contributed by atoms with Crippen molar-refractivity contribution in [1.82, 2.24) is 15.3 Å². The molecule has 2 N–H and O–H groups in total. The summed E-state index contributed by atoms with van der Waals surface area (Å²) in [5.74, 6) is 0.852. The zero-order valence-corrected chi connectivity index (χ0v) is 13.5. The number of rotatable bonds is 4. The Hall–Kier alpha value is -2.24. The molecule has 1 fully saturated rings. The molecule has 0 bridgehead atoms. The average molecular weight is 322 g/mol. The Morgan fingerprint density at radius 3 is 2.87 bits per heavy atom. The van der Waals surface area contributed by atoms with Crippen LogP contribution in [0.2, 0.25) is 0 Å². The molecule has 0 unspecified atom stereocenters. The molecule has 1 aromatic carbocycles. The van der Waals surface area contributed by atoms with Crippen LogP contribution in [0.1, 0.15) is 24.4 Å². The Labute approximate surface area is 139 Å². The second-order valence-corrected chi connectivity index (χ2v) is 6.67. The van der Waals surface area contributed by atoms with Crippen LogP contribution < -0.4 is 10.6 Å². The van der Waals surface area contributed by atoms with Crippen LogP contribution in [0.5, 0.6) is 0 Å². The summed E-state index contributed by atoms with van der Waals surface area (Å²) in [7, 11) is 0. The lowest BCUT2D eigenvalue weighted by atomic mass is 10.1. The molecule has 0 radical (unpaired) electrons. The summed E-state index contributed by atoms with van der Waals surface area (Å²) in [5.41, 5.74) is 2.48. The summed E-state index contributed by atoms with van der Waals surface area (Å²) >= 11 is 1.64. The topological polar surface area (TPSA) is 49.8 Å². The summed E-state index contributed by atoms with van der Waals surface area (Å²) in [6, 6.07) is 15.0. The third-order valence-corrected chi connectivity index (χ3v) is 5.01. The molecule has 3 heterocycles. The van der Waals surface area contributed by atoms with E-state index in [0.717, 1.165) is 22.4 Å². The summed E-state index contributed by atoms with van der Waals surface area (Å²) in [5, 5.41) is 7.72. The number of aromatic nitrogens is 2. The first-order chi connectivity index (χ1) is 11.4. The maximum atomic E-state index is 4.47. The van der Waals surface area contributed by atoms with Gasteiger partial charge < -0.3 is 10.6 Å². The predicted octanol–water partition coefficient (Wildman–Crippen LogP) is 4.37. The number of thiazole rings is 1. The van der Waals surface area contributed by atoms with E-state index in [1.54, 1.807) is 11.3 Å². The second kappa shape index (κ2) is 6.48. The van der Waals surface area contributed by atoms with Crippen molar-refractivity contribution in [2.75, 3.05) is 11.9 Å². The van der Waals surface area contributed by atoms with Gasteiger partial charge in [0.1, 0.15) is 5.82 Å². The van der Waals surface area contributed by atoms with Gasteiger partial charge in [-0.1, -0.05) is 41.7 Å². The lowest BCUT2D eigenvalue weighted by Gasteiger charge is -2.11. The summed E-state index contributed by atoms with van der Waals surface area (Å²) < 4.78 is 0. The SMILES string of the molecule is c1ccc(-c2cnc(Nc3cc([C@H]4CCCN4)ccn3)s2)cc1. The Bertz CT molecular complexity index is 778. The van der Waals surface area contributed by atoms with Gasteiger partial charge in [-0.25, -0.2) is 9.97 Å². The molecule has 1 atom stereocenters. The van der Waals surface area contributed by atoms with Gasteiger partial charge >= 0.3 is 0 Å². The van der Waals surface area contributed by atoms with E-state index in [1.165, 1.54) is 24.0 Å². The van der Waals surface area contributed by atoms with E-state index in [2.05, 4.69) is 44.9 Å². The summed E-state index contributed by atoms with van der Waals surface area (Å²) in [4.78, 5) is 10.0. The first kappa shape index (κ1) is 14.4. The van der Waals surface area contributed by atoms with Crippen molar-refractivity contribution < 1.29 is 0 Å². The molecular weight excluding hydrogens is 304 g/mol. The lowest BCUT2D eigenvalue weighted by molar-refractivity contribution is 0.647. The van der Waals surface area contributed by atoms with Gasteiger partial charge in [0.2, 0.25) is 0 Å². The summed E-state index contributed by atoms with van der Waals surface area (Å²) in [6.07, 6.45) is 6.20. The minimum Gasteiger partial charge on any atom is -0.316 e. The van der Waals surface area contributed by atoms with Crippen LogP contribution in [0.25, 0.3) is 10.4 Å². The Kier molecular flexibility index (Phi) is 4.05. The zero-order valence-electron chi connectivity index (χ0n) is 12.7. The number of benzene rings is 1. The molecule has 0 aliphatic carbocycles. The largest absolute Gasteiger partial charge is 0.316 e. The van der Waals surface area contributed by atoms with Gasteiger partial charge in [-0.15, -0.1) is 0 Å². The van der Waals surface area contributed by atoms with Crippen LogP contribution in [0.3, 0.4) is 0 Å². The second-order valence-electron chi connectivity index (χ2n) is 5.64. The Balaban J connectivity index is 1.52. The van der Waals surface area contributed by atoms with Gasteiger partial charge in [-0.3, -0.25) is 0 Å². The Morgan fingerprint density at radius 1 is 1.13 bits per heavy atom. The molecule has 23 heavy (non-hydrogen) atoms. The zero-order chi connectivity index (χ0) is 15.5.